The van der Waals surface area contributed by atoms with Crippen molar-refractivity contribution >= 4 is 8.46 Å². The molecule has 0 spiro atoms. The molecule has 5 N–H and O–H groups in total. The van der Waals surface area contributed by atoms with Gasteiger partial charge in [-0.15, -0.1) is 0 Å². The summed E-state index contributed by atoms with van der Waals surface area (Å²) in [7, 11) is -0.703. The van der Waals surface area contributed by atoms with Crippen LogP contribution in [0.3, 0.4) is 0 Å². The van der Waals surface area contributed by atoms with Crippen LogP contribution in [-0.2, 0) is 9.30 Å². The van der Waals surface area contributed by atoms with Crippen molar-refractivity contribution in [3.8, 4) is 0 Å². The van der Waals surface area contributed by atoms with Crippen LogP contribution in [0, 0.1) is 0 Å². The third-order valence-corrected chi connectivity index (χ3v) is 2.54. The Morgan fingerprint density at radius 3 is 2.14 bits per heavy atom. The number of hydrogen-bond acceptors (Lipinski definition) is 7. The Labute approximate surface area is 80.8 Å². The first kappa shape index (κ1) is 11.9. The van der Waals surface area contributed by atoms with Crippen LogP contribution in [0.15, 0.2) is 0 Å². The molecule has 6 atom stereocenters. The molecule has 0 aliphatic carbocycles. The van der Waals surface area contributed by atoms with Gasteiger partial charge in [-0.2, -0.15) is 0 Å². The molecule has 1 aliphatic heterocycles. The van der Waals surface area contributed by atoms with E-state index in [1.165, 1.54) is 0 Å². The zero-order valence-electron chi connectivity index (χ0n) is 6.96. The van der Waals surface area contributed by atoms with Crippen LogP contribution >= 0.6 is 8.46 Å². The molecule has 1 saturated heterocycles. The Bertz CT molecular complexity index is 212. The summed E-state index contributed by atoms with van der Waals surface area (Å²) in [4.78, 5) is 0. The van der Waals surface area contributed by atoms with E-state index in [-0.39, 0.29) is 0 Å². The van der Waals surface area contributed by atoms with Gasteiger partial charge in [0, 0.05) is 0 Å². The van der Waals surface area contributed by atoms with Crippen molar-refractivity contribution in [2.75, 3.05) is 0 Å². The number of aliphatic hydroxyl groups is 5. The summed E-state index contributed by atoms with van der Waals surface area (Å²) in [5.41, 5.74) is 0. The van der Waals surface area contributed by atoms with Crippen LogP contribution in [0.4, 0.5) is 0 Å². The van der Waals surface area contributed by atoms with Gasteiger partial charge in [0.2, 0.25) is 0 Å². The molecule has 0 saturated carbocycles. The molecule has 0 aromatic heterocycles. The molecule has 1 fully saturated rings. The van der Waals surface area contributed by atoms with Gasteiger partial charge < -0.3 is 30.3 Å². The zero-order chi connectivity index (χ0) is 10.9. The van der Waals surface area contributed by atoms with E-state index in [4.69, 9.17) is 15.3 Å². The van der Waals surface area contributed by atoms with E-state index in [1.54, 1.807) is 0 Å². The maximum absolute atomic E-state index is 10.3. The van der Waals surface area contributed by atoms with Crippen LogP contribution in [0.2, 0.25) is 0 Å². The highest BCUT2D eigenvalue weighted by Crippen LogP contribution is 2.25. The molecule has 1 aliphatic rings. The summed E-state index contributed by atoms with van der Waals surface area (Å²) in [6.07, 6.45) is -8.04. The molecular weight excluding hydrogens is 215 g/mol. The number of hydrogen-bond donors (Lipinski definition) is 5. The van der Waals surface area contributed by atoms with Gasteiger partial charge in [0.25, 0.3) is 0 Å². The molecule has 8 heteroatoms. The summed E-state index contributed by atoms with van der Waals surface area (Å²) in [5.74, 6) is -1.57. The average molecular weight is 226 g/mol. The molecule has 1 unspecified atom stereocenters. The molecule has 0 aromatic rings. The SMILES string of the molecule is O=PC(O)[C@H]1O[C@H](O)[C@@H](O)[C@@H](O)[C@@H]1O. The highest BCUT2D eigenvalue weighted by atomic mass is 31.1. The maximum atomic E-state index is 10.3. The van der Waals surface area contributed by atoms with Crippen LogP contribution in [-0.4, -0.2) is 62.1 Å². The maximum Gasteiger partial charge on any atom is 0.190 e. The highest BCUT2D eigenvalue weighted by Gasteiger charge is 2.46. The first-order valence-corrected chi connectivity index (χ1v) is 4.75. The van der Waals surface area contributed by atoms with E-state index in [1.807, 2.05) is 0 Å². The van der Waals surface area contributed by atoms with E-state index >= 15 is 0 Å². The standard InChI is InChI=1S/C6H11O7P/c7-1-2(8)4(6(11)14-12)13-5(10)3(1)9/h1-11H/t1-,2-,3-,4-,5-,6?/m0/s1. The van der Waals surface area contributed by atoms with E-state index in [0.717, 1.165) is 0 Å². The van der Waals surface area contributed by atoms with Crippen molar-refractivity contribution in [3.63, 3.8) is 0 Å². The largest absolute Gasteiger partial charge is 0.387 e. The first-order valence-electron chi connectivity index (χ1n) is 3.87. The minimum Gasteiger partial charge on any atom is -0.387 e. The molecule has 82 valence electrons. The number of ether oxygens (including phenoxy) is 1. The second-order valence-corrected chi connectivity index (χ2v) is 3.72. The summed E-state index contributed by atoms with van der Waals surface area (Å²) in [6.45, 7) is 0. The van der Waals surface area contributed by atoms with Crippen molar-refractivity contribution in [2.45, 2.75) is 36.6 Å². The van der Waals surface area contributed by atoms with Gasteiger partial charge in [0.05, 0.1) is 0 Å². The van der Waals surface area contributed by atoms with E-state index in [2.05, 4.69) is 4.74 Å². The monoisotopic (exact) mass is 226 g/mol. The van der Waals surface area contributed by atoms with Crippen molar-refractivity contribution in [1.29, 1.82) is 0 Å². The lowest BCUT2D eigenvalue weighted by Gasteiger charge is -2.38. The van der Waals surface area contributed by atoms with Crippen molar-refractivity contribution < 1.29 is 34.8 Å². The van der Waals surface area contributed by atoms with E-state index in [9.17, 15) is 14.8 Å². The van der Waals surface area contributed by atoms with Gasteiger partial charge in [-0.3, -0.25) is 4.57 Å². The molecule has 0 aromatic carbocycles. The van der Waals surface area contributed by atoms with Gasteiger partial charge in [0.1, 0.15) is 24.4 Å². The molecule has 0 radical (unpaired) electrons. The highest BCUT2D eigenvalue weighted by molar-refractivity contribution is 7.24. The van der Waals surface area contributed by atoms with Crippen LogP contribution in [0.25, 0.3) is 0 Å². The number of rotatable bonds is 2. The molecule has 0 amide bonds. The third kappa shape index (κ3) is 2.09. The molecule has 7 nitrogen and oxygen atoms in total. The predicted octanol–water partition coefficient (Wildman–Crippen LogP) is -2.60. The predicted molar refractivity (Wildman–Crippen MR) is 42.5 cm³/mol. The molecule has 1 heterocycles. The first-order chi connectivity index (χ1) is 6.49. The van der Waals surface area contributed by atoms with Gasteiger partial charge in [-0.05, 0) is 0 Å². The van der Waals surface area contributed by atoms with Crippen LogP contribution in [0.5, 0.6) is 0 Å². The minimum atomic E-state index is -1.73. The van der Waals surface area contributed by atoms with Crippen molar-refractivity contribution in [1.82, 2.24) is 0 Å². The fraction of sp³-hybridized carbons (Fsp3) is 1.00. The molecule has 1 rings (SSSR count). The second-order valence-electron chi connectivity index (χ2n) is 2.98. The normalized spacial score (nSPS) is 46.5. The summed E-state index contributed by atoms with van der Waals surface area (Å²) in [5, 5.41) is 45.6. The Morgan fingerprint density at radius 2 is 1.64 bits per heavy atom. The Morgan fingerprint density at radius 1 is 1.07 bits per heavy atom. The summed E-state index contributed by atoms with van der Waals surface area (Å²) >= 11 is 0. The van der Waals surface area contributed by atoms with Gasteiger partial charge in [0.15, 0.2) is 20.6 Å². The molecule has 14 heavy (non-hydrogen) atoms. The van der Waals surface area contributed by atoms with E-state index in [0.29, 0.717) is 0 Å². The Balaban J connectivity index is 2.74. The average Bonchev–Trinajstić information content (AvgIpc) is 2.19. The van der Waals surface area contributed by atoms with Gasteiger partial charge in [-0.1, -0.05) is 0 Å². The molecular formula is C6H11O7P. The van der Waals surface area contributed by atoms with Gasteiger partial charge >= 0.3 is 0 Å². The van der Waals surface area contributed by atoms with Crippen molar-refractivity contribution in [2.24, 2.45) is 0 Å². The Kier molecular flexibility index (Phi) is 3.91. The fourth-order valence-electron chi connectivity index (χ4n) is 1.19. The van der Waals surface area contributed by atoms with E-state index < -0.39 is 45.0 Å². The topological polar surface area (TPSA) is 127 Å². The Hall–Kier alpha value is -0.140. The fourth-order valence-corrected chi connectivity index (χ4v) is 1.56. The zero-order valence-corrected chi connectivity index (χ0v) is 7.86. The number of aliphatic hydroxyl groups excluding tert-OH is 5. The summed E-state index contributed by atoms with van der Waals surface area (Å²) in [6, 6.07) is 0. The smallest absolute Gasteiger partial charge is 0.190 e. The lowest BCUT2D eigenvalue weighted by molar-refractivity contribution is -0.290. The quantitative estimate of drug-likeness (QED) is 0.326. The second kappa shape index (κ2) is 4.59. The lowest BCUT2D eigenvalue weighted by atomic mass is 9.99. The lowest BCUT2D eigenvalue weighted by Crippen LogP contribution is -2.59. The molecule has 0 bridgehead atoms. The van der Waals surface area contributed by atoms with Crippen molar-refractivity contribution in [3.05, 3.63) is 0 Å². The van der Waals surface area contributed by atoms with Crippen LogP contribution in [0.1, 0.15) is 0 Å². The third-order valence-electron chi connectivity index (χ3n) is 2.03. The minimum absolute atomic E-state index is 0.703. The van der Waals surface area contributed by atoms with Gasteiger partial charge in [-0.25, -0.2) is 0 Å². The summed E-state index contributed by atoms with van der Waals surface area (Å²) < 4.78 is 14.8. The van der Waals surface area contributed by atoms with Crippen LogP contribution < -0.4 is 0 Å².